The molecule has 0 N–H and O–H groups in total. The van der Waals surface area contributed by atoms with Gasteiger partial charge in [-0.05, 0) is 37.1 Å². The third-order valence-electron chi connectivity index (χ3n) is 3.46. The van der Waals surface area contributed by atoms with Gasteiger partial charge in [-0.2, -0.15) is 5.10 Å². The zero-order valence-corrected chi connectivity index (χ0v) is 12.7. The zero-order chi connectivity index (χ0) is 15.4. The van der Waals surface area contributed by atoms with Gasteiger partial charge in [0.1, 0.15) is 19.0 Å². The van der Waals surface area contributed by atoms with E-state index < -0.39 is 0 Å². The van der Waals surface area contributed by atoms with Crippen molar-refractivity contribution in [3.8, 4) is 11.6 Å². The Balaban J connectivity index is 1.62. The van der Waals surface area contributed by atoms with Crippen LogP contribution in [0.2, 0.25) is 0 Å². The highest BCUT2D eigenvalue weighted by Gasteiger charge is 2.04. The second-order valence-corrected chi connectivity index (χ2v) is 5.20. The molecule has 22 heavy (non-hydrogen) atoms. The van der Waals surface area contributed by atoms with E-state index >= 15 is 0 Å². The number of aromatic nitrogens is 2. The lowest BCUT2D eigenvalue weighted by atomic mass is 10.1. The SMILES string of the molecule is Cc1ccc(C)c(OCCOc2nncc3ccccc23)c1. The lowest BCUT2D eigenvalue weighted by Crippen LogP contribution is -2.10. The predicted octanol–water partition coefficient (Wildman–Crippen LogP) is 3.70. The van der Waals surface area contributed by atoms with Gasteiger partial charge in [-0.15, -0.1) is 5.10 Å². The van der Waals surface area contributed by atoms with Crippen LogP contribution in [0.1, 0.15) is 11.1 Å². The summed E-state index contributed by atoms with van der Waals surface area (Å²) in [7, 11) is 0. The maximum Gasteiger partial charge on any atom is 0.241 e. The average molecular weight is 294 g/mol. The molecule has 0 aliphatic rings. The largest absolute Gasteiger partial charge is 0.490 e. The maximum atomic E-state index is 5.78. The Morgan fingerprint density at radius 1 is 0.955 bits per heavy atom. The van der Waals surface area contributed by atoms with Gasteiger partial charge in [0.2, 0.25) is 5.88 Å². The van der Waals surface area contributed by atoms with E-state index in [9.17, 15) is 0 Å². The van der Waals surface area contributed by atoms with Crippen LogP contribution in [-0.4, -0.2) is 23.4 Å². The second kappa shape index (κ2) is 6.43. The van der Waals surface area contributed by atoms with Crippen molar-refractivity contribution in [3.63, 3.8) is 0 Å². The molecule has 3 aromatic rings. The summed E-state index contributed by atoms with van der Waals surface area (Å²) in [4.78, 5) is 0. The van der Waals surface area contributed by atoms with Gasteiger partial charge in [0.25, 0.3) is 0 Å². The van der Waals surface area contributed by atoms with Gasteiger partial charge in [0.05, 0.1) is 6.20 Å². The molecule has 2 aromatic carbocycles. The smallest absolute Gasteiger partial charge is 0.241 e. The Morgan fingerprint density at radius 3 is 2.68 bits per heavy atom. The van der Waals surface area contributed by atoms with Crippen molar-refractivity contribution in [2.45, 2.75) is 13.8 Å². The van der Waals surface area contributed by atoms with Gasteiger partial charge >= 0.3 is 0 Å². The van der Waals surface area contributed by atoms with Crippen LogP contribution in [0, 0.1) is 13.8 Å². The van der Waals surface area contributed by atoms with E-state index in [1.165, 1.54) is 5.56 Å². The molecule has 4 nitrogen and oxygen atoms in total. The second-order valence-electron chi connectivity index (χ2n) is 5.20. The molecule has 0 aliphatic carbocycles. The number of nitrogens with zero attached hydrogens (tertiary/aromatic N) is 2. The van der Waals surface area contributed by atoms with Crippen molar-refractivity contribution in [2.24, 2.45) is 0 Å². The maximum absolute atomic E-state index is 5.78. The quantitative estimate of drug-likeness (QED) is 0.673. The van der Waals surface area contributed by atoms with E-state index in [4.69, 9.17) is 9.47 Å². The third-order valence-corrected chi connectivity index (χ3v) is 3.46. The summed E-state index contributed by atoms with van der Waals surface area (Å²) in [5.41, 5.74) is 2.30. The van der Waals surface area contributed by atoms with Crippen molar-refractivity contribution in [1.82, 2.24) is 10.2 Å². The molecule has 0 bridgehead atoms. The first kappa shape index (κ1) is 14.3. The first-order valence-corrected chi connectivity index (χ1v) is 7.27. The molecule has 0 fully saturated rings. The molecule has 0 aliphatic heterocycles. The third kappa shape index (κ3) is 3.17. The molecule has 1 aromatic heterocycles. The fraction of sp³-hybridized carbons (Fsp3) is 0.222. The molecule has 0 atom stereocenters. The minimum atomic E-state index is 0.427. The number of fused-ring (bicyclic) bond motifs is 1. The van der Waals surface area contributed by atoms with Crippen LogP contribution >= 0.6 is 0 Å². The summed E-state index contributed by atoms with van der Waals surface area (Å²) in [6, 6.07) is 14.1. The zero-order valence-electron chi connectivity index (χ0n) is 12.7. The fourth-order valence-corrected chi connectivity index (χ4v) is 2.26. The van der Waals surface area contributed by atoms with E-state index in [2.05, 4.69) is 29.3 Å². The summed E-state index contributed by atoms with van der Waals surface area (Å²) in [6.45, 7) is 4.98. The van der Waals surface area contributed by atoms with Crippen LogP contribution in [0.5, 0.6) is 11.6 Å². The van der Waals surface area contributed by atoms with Crippen molar-refractivity contribution in [3.05, 3.63) is 59.8 Å². The standard InChI is InChI=1S/C18H18N2O2/c1-13-7-8-14(2)17(11-13)21-9-10-22-18-16-6-4-3-5-15(16)12-19-20-18/h3-8,11-12H,9-10H2,1-2H3. The van der Waals surface area contributed by atoms with E-state index in [0.29, 0.717) is 19.1 Å². The molecule has 1 heterocycles. The van der Waals surface area contributed by atoms with Crippen LogP contribution in [0.25, 0.3) is 10.8 Å². The van der Waals surface area contributed by atoms with Crippen molar-refractivity contribution in [2.75, 3.05) is 13.2 Å². The molecule has 112 valence electrons. The first-order chi connectivity index (χ1) is 10.7. The van der Waals surface area contributed by atoms with Crippen LogP contribution in [0.15, 0.2) is 48.7 Å². The first-order valence-electron chi connectivity index (χ1n) is 7.27. The molecule has 0 amide bonds. The number of benzene rings is 2. The number of aryl methyl sites for hydroxylation is 2. The molecular formula is C18H18N2O2. The Labute approximate surface area is 129 Å². The van der Waals surface area contributed by atoms with Gasteiger partial charge in [0.15, 0.2) is 0 Å². The van der Waals surface area contributed by atoms with Crippen LogP contribution in [-0.2, 0) is 0 Å². The summed E-state index contributed by atoms with van der Waals surface area (Å²) in [5.74, 6) is 1.44. The number of ether oxygens (including phenoxy) is 2. The van der Waals surface area contributed by atoms with Gasteiger partial charge in [-0.3, -0.25) is 0 Å². The van der Waals surface area contributed by atoms with Crippen molar-refractivity contribution >= 4 is 10.8 Å². The van der Waals surface area contributed by atoms with Crippen molar-refractivity contribution < 1.29 is 9.47 Å². The molecular weight excluding hydrogens is 276 g/mol. The number of rotatable bonds is 5. The lowest BCUT2D eigenvalue weighted by Gasteiger charge is -2.11. The van der Waals surface area contributed by atoms with Crippen LogP contribution < -0.4 is 9.47 Å². The summed E-state index contributed by atoms with van der Waals surface area (Å²) in [6.07, 6.45) is 1.73. The fourth-order valence-electron chi connectivity index (χ4n) is 2.26. The highest BCUT2D eigenvalue weighted by molar-refractivity contribution is 5.85. The average Bonchev–Trinajstić information content (AvgIpc) is 2.54. The Morgan fingerprint density at radius 2 is 1.77 bits per heavy atom. The van der Waals surface area contributed by atoms with Gasteiger partial charge in [-0.25, -0.2) is 0 Å². The number of hydrogen-bond donors (Lipinski definition) is 0. The summed E-state index contributed by atoms with van der Waals surface area (Å²) < 4.78 is 11.5. The Bertz CT molecular complexity index is 782. The molecule has 0 radical (unpaired) electrons. The van der Waals surface area contributed by atoms with Crippen LogP contribution in [0.3, 0.4) is 0 Å². The molecule has 0 spiro atoms. The van der Waals surface area contributed by atoms with Crippen LogP contribution in [0.4, 0.5) is 0 Å². The Kier molecular flexibility index (Phi) is 4.19. The van der Waals surface area contributed by atoms with E-state index in [1.54, 1.807) is 6.20 Å². The minimum Gasteiger partial charge on any atom is -0.490 e. The predicted molar refractivity (Wildman–Crippen MR) is 86.4 cm³/mol. The minimum absolute atomic E-state index is 0.427. The molecule has 0 unspecified atom stereocenters. The van der Waals surface area contributed by atoms with Gasteiger partial charge in [-0.1, -0.05) is 30.3 Å². The Hall–Kier alpha value is -2.62. The molecule has 0 saturated carbocycles. The summed E-state index contributed by atoms with van der Waals surface area (Å²) >= 11 is 0. The van der Waals surface area contributed by atoms with E-state index in [-0.39, 0.29) is 0 Å². The number of hydrogen-bond acceptors (Lipinski definition) is 4. The highest BCUT2D eigenvalue weighted by Crippen LogP contribution is 2.22. The van der Waals surface area contributed by atoms with Gasteiger partial charge < -0.3 is 9.47 Å². The van der Waals surface area contributed by atoms with E-state index in [1.807, 2.05) is 37.3 Å². The lowest BCUT2D eigenvalue weighted by molar-refractivity contribution is 0.211. The topological polar surface area (TPSA) is 44.2 Å². The van der Waals surface area contributed by atoms with E-state index in [0.717, 1.165) is 22.1 Å². The highest BCUT2D eigenvalue weighted by atomic mass is 16.5. The van der Waals surface area contributed by atoms with Crippen molar-refractivity contribution in [1.29, 1.82) is 0 Å². The normalized spacial score (nSPS) is 10.6. The molecule has 0 saturated heterocycles. The molecule has 4 heteroatoms. The molecule has 3 rings (SSSR count). The summed E-state index contributed by atoms with van der Waals surface area (Å²) in [5, 5.41) is 9.99. The monoisotopic (exact) mass is 294 g/mol. The van der Waals surface area contributed by atoms with Gasteiger partial charge in [0, 0.05) is 10.8 Å².